The Kier molecular flexibility index (Phi) is 5.00. The van der Waals surface area contributed by atoms with Crippen LogP contribution in [-0.2, 0) is 11.3 Å². The molecule has 0 saturated carbocycles. The lowest BCUT2D eigenvalue weighted by atomic mass is 10.1. The van der Waals surface area contributed by atoms with Crippen LogP contribution in [0.5, 0.6) is 0 Å². The van der Waals surface area contributed by atoms with Gasteiger partial charge >= 0.3 is 5.97 Å². The molecule has 0 aliphatic heterocycles. The van der Waals surface area contributed by atoms with Crippen LogP contribution in [0.15, 0.2) is 54.6 Å². The van der Waals surface area contributed by atoms with E-state index in [1.54, 1.807) is 18.2 Å². The van der Waals surface area contributed by atoms with Gasteiger partial charge in [0.2, 0.25) is 11.9 Å². The van der Waals surface area contributed by atoms with Crippen molar-refractivity contribution in [2.45, 2.75) is 6.61 Å². The summed E-state index contributed by atoms with van der Waals surface area (Å²) in [5.74, 6) is -0.114. The Bertz CT molecular complexity index is 969. The second-order valence-corrected chi connectivity index (χ2v) is 5.19. The average molecular weight is 346 g/mol. The highest BCUT2D eigenvalue weighted by Crippen LogP contribution is 2.13. The van der Waals surface area contributed by atoms with Crippen molar-refractivity contribution >= 4 is 23.6 Å². The van der Waals surface area contributed by atoms with Crippen molar-refractivity contribution < 1.29 is 9.53 Å². The summed E-state index contributed by atoms with van der Waals surface area (Å²) in [6.07, 6.45) is 0. The Balaban J connectivity index is 1.69. The maximum Gasteiger partial charge on any atom is 0.338 e. The SMILES string of the molecule is N#Cc1cccc(C(=O)OCc2nc(N)nc(Nc3ccccc3)n2)c1. The number of carbonyl (C=O) groups is 1. The van der Waals surface area contributed by atoms with E-state index in [4.69, 9.17) is 15.7 Å². The fourth-order valence-electron chi connectivity index (χ4n) is 2.14. The molecular formula is C18H14N6O2. The zero-order valence-electron chi connectivity index (χ0n) is 13.6. The number of benzene rings is 2. The number of para-hydroxylation sites is 1. The summed E-state index contributed by atoms with van der Waals surface area (Å²) in [4.78, 5) is 24.2. The summed E-state index contributed by atoms with van der Waals surface area (Å²) in [6.45, 7) is -0.175. The molecule has 3 N–H and O–H groups in total. The van der Waals surface area contributed by atoms with E-state index in [-0.39, 0.29) is 29.9 Å². The van der Waals surface area contributed by atoms with Crippen LogP contribution < -0.4 is 11.1 Å². The van der Waals surface area contributed by atoms with Gasteiger partial charge in [-0.1, -0.05) is 24.3 Å². The zero-order valence-corrected chi connectivity index (χ0v) is 13.6. The van der Waals surface area contributed by atoms with E-state index in [1.807, 2.05) is 36.4 Å². The monoisotopic (exact) mass is 346 g/mol. The smallest absolute Gasteiger partial charge is 0.338 e. The molecule has 1 heterocycles. The number of nitrogens with zero attached hydrogens (tertiary/aromatic N) is 4. The first-order valence-electron chi connectivity index (χ1n) is 7.64. The van der Waals surface area contributed by atoms with Crippen molar-refractivity contribution in [3.05, 3.63) is 71.5 Å². The average Bonchev–Trinajstić information content (AvgIpc) is 2.66. The van der Waals surface area contributed by atoms with Crippen LogP contribution in [0.25, 0.3) is 0 Å². The highest BCUT2D eigenvalue weighted by atomic mass is 16.5. The summed E-state index contributed by atoms with van der Waals surface area (Å²) < 4.78 is 5.19. The van der Waals surface area contributed by atoms with Gasteiger partial charge in [0.1, 0.15) is 0 Å². The van der Waals surface area contributed by atoms with E-state index in [9.17, 15) is 4.79 Å². The number of ether oxygens (including phenoxy) is 1. The van der Waals surface area contributed by atoms with Crippen LogP contribution in [0, 0.1) is 11.3 Å². The fourth-order valence-corrected chi connectivity index (χ4v) is 2.14. The summed E-state index contributed by atoms with van der Waals surface area (Å²) >= 11 is 0. The quantitative estimate of drug-likeness (QED) is 0.674. The topological polar surface area (TPSA) is 127 Å². The molecule has 3 rings (SSSR count). The predicted molar refractivity (Wildman–Crippen MR) is 94.2 cm³/mol. The van der Waals surface area contributed by atoms with Crippen LogP contribution in [0.3, 0.4) is 0 Å². The largest absolute Gasteiger partial charge is 0.454 e. The van der Waals surface area contributed by atoms with E-state index >= 15 is 0 Å². The van der Waals surface area contributed by atoms with Gasteiger partial charge in [0.25, 0.3) is 0 Å². The number of nitriles is 1. The minimum atomic E-state index is -0.585. The first-order valence-corrected chi connectivity index (χ1v) is 7.64. The molecule has 0 unspecified atom stereocenters. The number of esters is 1. The van der Waals surface area contributed by atoms with Gasteiger partial charge in [0, 0.05) is 5.69 Å². The van der Waals surface area contributed by atoms with E-state index in [0.29, 0.717) is 5.56 Å². The van der Waals surface area contributed by atoms with Crippen molar-refractivity contribution in [1.29, 1.82) is 5.26 Å². The Morgan fingerprint density at radius 3 is 2.69 bits per heavy atom. The first kappa shape index (κ1) is 16.9. The molecule has 0 aliphatic carbocycles. The van der Waals surface area contributed by atoms with Crippen molar-refractivity contribution in [3.63, 3.8) is 0 Å². The first-order chi connectivity index (χ1) is 12.6. The number of rotatable bonds is 5. The molecule has 2 aromatic carbocycles. The fraction of sp³-hybridized carbons (Fsp3) is 0.0556. The molecule has 3 aromatic rings. The van der Waals surface area contributed by atoms with E-state index in [0.717, 1.165) is 5.69 Å². The van der Waals surface area contributed by atoms with Crippen LogP contribution >= 0.6 is 0 Å². The van der Waals surface area contributed by atoms with Gasteiger partial charge in [-0.15, -0.1) is 0 Å². The third kappa shape index (κ3) is 4.30. The normalized spacial score (nSPS) is 9.96. The molecule has 128 valence electrons. The Labute approximate surface area is 149 Å². The lowest BCUT2D eigenvalue weighted by Gasteiger charge is -2.08. The number of carbonyl (C=O) groups excluding carboxylic acids is 1. The number of anilines is 3. The predicted octanol–water partition coefficient (Wildman–Crippen LogP) is 2.43. The van der Waals surface area contributed by atoms with Crippen molar-refractivity contribution in [2.75, 3.05) is 11.1 Å². The van der Waals surface area contributed by atoms with Gasteiger partial charge in [0.05, 0.1) is 17.2 Å². The number of nitrogens with two attached hydrogens (primary N) is 1. The van der Waals surface area contributed by atoms with Gasteiger partial charge < -0.3 is 15.8 Å². The van der Waals surface area contributed by atoms with Crippen molar-refractivity contribution in [3.8, 4) is 6.07 Å². The zero-order chi connectivity index (χ0) is 18.4. The molecule has 0 radical (unpaired) electrons. The molecule has 8 nitrogen and oxygen atoms in total. The lowest BCUT2D eigenvalue weighted by Crippen LogP contribution is -2.11. The number of nitrogen functional groups attached to an aromatic ring is 1. The Morgan fingerprint density at radius 2 is 1.92 bits per heavy atom. The molecule has 26 heavy (non-hydrogen) atoms. The van der Waals surface area contributed by atoms with E-state index < -0.39 is 5.97 Å². The van der Waals surface area contributed by atoms with Crippen molar-refractivity contribution in [1.82, 2.24) is 15.0 Å². The summed E-state index contributed by atoms with van der Waals surface area (Å²) in [5, 5.41) is 11.9. The third-order valence-corrected chi connectivity index (χ3v) is 3.29. The van der Waals surface area contributed by atoms with Gasteiger partial charge in [-0.05, 0) is 30.3 Å². The van der Waals surface area contributed by atoms with Crippen LogP contribution in [0.4, 0.5) is 17.6 Å². The van der Waals surface area contributed by atoms with Gasteiger partial charge in [-0.2, -0.15) is 20.2 Å². The maximum absolute atomic E-state index is 12.1. The molecule has 0 saturated heterocycles. The molecule has 0 aliphatic rings. The Morgan fingerprint density at radius 1 is 1.12 bits per heavy atom. The number of hydrogen-bond donors (Lipinski definition) is 2. The Hall–Kier alpha value is -3.99. The van der Waals surface area contributed by atoms with Gasteiger partial charge in [-0.25, -0.2) is 4.79 Å². The van der Waals surface area contributed by atoms with E-state index in [1.165, 1.54) is 6.07 Å². The molecule has 0 atom stereocenters. The molecule has 0 fully saturated rings. The molecule has 0 spiro atoms. The second kappa shape index (κ2) is 7.72. The number of nitrogens with one attached hydrogen (secondary N) is 1. The highest BCUT2D eigenvalue weighted by molar-refractivity contribution is 5.89. The molecule has 8 heteroatoms. The van der Waals surface area contributed by atoms with Crippen LogP contribution in [0.2, 0.25) is 0 Å². The maximum atomic E-state index is 12.1. The van der Waals surface area contributed by atoms with E-state index in [2.05, 4.69) is 20.3 Å². The van der Waals surface area contributed by atoms with Crippen LogP contribution in [0.1, 0.15) is 21.7 Å². The summed E-state index contributed by atoms with van der Waals surface area (Å²) in [6, 6.07) is 17.5. The summed E-state index contributed by atoms with van der Waals surface area (Å²) in [5.41, 5.74) is 7.12. The van der Waals surface area contributed by atoms with Gasteiger partial charge in [-0.3, -0.25) is 0 Å². The minimum Gasteiger partial charge on any atom is -0.454 e. The van der Waals surface area contributed by atoms with Crippen molar-refractivity contribution in [2.24, 2.45) is 0 Å². The number of hydrogen-bond acceptors (Lipinski definition) is 8. The molecule has 0 amide bonds. The van der Waals surface area contributed by atoms with Gasteiger partial charge in [0.15, 0.2) is 12.4 Å². The minimum absolute atomic E-state index is 0.0101. The lowest BCUT2D eigenvalue weighted by molar-refractivity contribution is 0.0462. The standard InChI is InChI=1S/C18H14N6O2/c19-10-12-5-4-6-13(9-12)16(25)26-11-15-22-17(20)24-18(23-15)21-14-7-2-1-3-8-14/h1-9H,11H2,(H3,20,21,22,23,24). The molecule has 0 bridgehead atoms. The molecule has 1 aromatic heterocycles. The number of aromatic nitrogens is 3. The summed E-state index contributed by atoms with van der Waals surface area (Å²) in [7, 11) is 0. The second-order valence-electron chi connectivity index (χ2n) is 5.19. The third-order valence-electron chi connectivity index (χ3n) is 3.29. The molecular weight excluding hydrogens is 332 g/mol. The van der Waals surface area contributed by atoms with Crippen LogP contribution in [-0.4, -0.2) is 20.9 Å². The highest BCUT2D eigenvalue weighted by Gasteiger charge is 2.11.